The van der Waals surface area contributed by atoms with E-state index in [1.54, 1.807) is 12.5 Å². The molecule has 1 N–H and O–H groups in total. The Hall–Kier alpha value is 0.220. The highest BCUT2D eigenvalue weighted by Crippen LogP contribution is 2.19. The zero-order valence-electron chi connectivity index (χ0n) is 9.17. The molecule has 2 atom stereocenters. The molecule has 6 heteroatoms. The third kappa shape index (κ3) is 4.61. The van der Waals surface area contributed by atoms with Gasteiger partial charge in [-0.15, -0.1) is 0 Å². The summed E-state index contributed by atoms with van der Waals surface area (Å²) in [6.07, 6.45) is 3.49. The fourth-order valence-electron chi connectivity index (χ4n) is 1.08. The van der Waals surface area contributed by atoms with Gasteiger partial charge in [-0.3, -0.25) is 9.19 Å². The van der Waals surface area contributed by atoms with E-state index in [0.29, 0.717) is 6.54 Å². The highest BCUT2D eigenvalue weighted by Gasteiger charge is 2.06. The average molecular weight is 370 g/mol. The van der Waals surface area contributed by atoms with Gasteiger partial charge in [0.1, 0.15) is 0 Å². The number of halogens is 2. The van der Waals surface area contributed by atoms with E-state index in [-0.39, 0.29) is 5.25 Å². The van der Waals surface area contributed by atoms with Crippen molar-refractivity contribution >= 4 is 42.7 Å². The Kier molecular flexibility index (Phi) is 6.10. The van der Waals surface area contributed by atoms with Crippen molar-refractivity contribution in [1.82, 2.24) is 10.3 Å². The topological polar surface area (TPSA) is 42.0 Å². The third-order valence-electron chi connectivity index (χ3n) is 2.17. The van der Waals surface area contributed by atoms with Gasteiger partial charge >= 0.3 is 0 Å². The number of nitrogens with one attached hydrogen (secondary N) is 1. The molecular weight excluding hydrogens is 356 g/mol. The van der Waals surface area contributed by atoms with Gasteiger partial charge in [0.15, 0.2) is 0 Å². The molecule has 0 fully saturated rings. The standard InChI is InChI=1S/C10H14Br2N2OS/c1-7(16(2)15)4-13-6-10-9(12)3-8(11)5-14-10/h3,5,7,13H,4,6H2,1-2H3. The normalized spacial score (nSPS) is 14.8. The van der Waals surface area contributed by atoms with Crippen molar-refractivity contribution in [3.63, 3.8) is 0 Å². The summed E-state index contributed by atoms with van der Waals surface area (Å²) in [4.78, 5) is 4.29. The molecule has 0 amide bonds. The Bertz CT molecular complexity index is 387. The van der Waals surface area contributed by atoms with Crippen LogP contribution in [0.1, 0.15) is 12.6 Å². The number of nitrogens with zero attached hydrogens (tertiary/aromatic N) is 1. The summed E-state index contributed by atoms with van der Waals surface area (Å²) >= 11 is 6.80. The molecule has 0 saturated heterocycles. The van der Waals surface area contributed by atoms with Crippen LogP contribution in [0.15, 0.2) is 21.2 Å². The number of hydrogen-bond acceptors (Lipinski definition) is 3. The lowest BCUT2D eigenvalue weighted by molar-refractivity contribution is 0.641. The smallest absolute Gasteiger partial charge is 0.0684 e. The first-order chi connectivity index (χ1) is 7.50. The fourth-order valence-corrected chi connectivity index (χ4v) is 2.56. The minimum atomic E-state index is -0.779. The van der Waals surface area contributed by atoms with Gasteiger partial charge < -0.3 is 5.32 Å². The molecule has 1 heterocycles. The van der Waals surface area contributed by atoms with Gasteiger partial charge in [-0.05, 0) is 44.8 Å². The molecule has 0 radical (unpaired) electrons. The van der Waals surface area contributed by atoms with Crippen molar-refractivity contribution in [3.8, 4) is 0 Å². The average Bonchev–Trinajstić information content (AvgIpc) is 2.20. The monoisotopic (exact) mass is 368 g/mol. The number of pyridine rings is 1. The Morgan fingerprint density at radius 3 is 2.81 bits per heavy atom. The molecule has 0 aliphatic heterocycles. The highest BCUT2D eigenvalue weighted by molar-refractivity contribution is 9.11. The van der Waals surface area contributed by atoms with Gasteiger partial charge in [-0.25, -0.2) is 0 Å². The first kappa shape index (κ1) is 14.3. The maximum atomic E-state index is 11.1. The van der Waals surface area contributed by atoms with E-state index in [9.17, 15) is 4.21 Å². The van der Waals surface area contributed by atoms with Gasteiger partial charge in [0.25, 0.3) is 0 Å². The van der Waals surface area contributed by atoms with Crippen LogP contribution in [-0.4, -0.2) is 27.2 Å². The SMILES string of the molecule is CC(CNCc1ncc(Br)cc1Br)S(C)=O. The van der Waals surface area contributed by atoms with Crippen molar-refractivity contribution in [3.05, 3.63) is 26.9 Å². The Balaban J connectivity index is 2.46. The van der Waals surface area contributed by atoms with Crippen LogP contribution in [0.25, 0.3) is 0 Å². The van der Waals surface area contributed by atoms with Crippen LogP contribution in [0.3, 0.4) is 0 Å². The van der Waals surface area contributed by atoms with E-state index >= 15 is 0 Å². The van der Waals surface area contributed by atoms with Crippen LogP contribution < -0.4 is 5.32 Å². The predicted octanol–water partition coefficient (Wildman–Crippen LogP) is 2.46. The molecule has 0 aliphatic carbocycles. The van der Waals surface area contributed by atoms with Gasteiger partial charge in [-0.1, -0.05) is 0 Å². The van der Waals surface area contributed by atoms with Crippen LogP contribution in [0.2, 0.25) is 0 Å². The Morgan fingerprint density at radius 2 is 2.25 bits per heavy atom. The summed E-state index contributed by atoms with van der Waals surface area (Å²) in [7, 11) is -0.779. The van der Waals surface area contributed by atoms with Crippen molar-refractivity contribution in [2.24, 2.45) is 0 Å². The summed E-state index contributed by atoms with van der Waals surface area (Å²) in [5, 5.41) is 3.40. The van der Waals surface area contributed by atoms with Crippen LogP contribution in [0, 0.1) is 0 Å². The molecule has 1 aromatic rings. The van der Waals surface area contributed by atoms with E-state index < -0.39 is 10.8 Å². The fraction of sp³-hybridized carbons (Fsp3) is 0.500. The second-order valence-corrected chi connectivity index (χ2v) is 7.09. The minimum Gasteiger partial charge on any atom is -0.310 e. The van der Waals surface area contributed by atoms with E-state index in [1.165, 1.54) is 0 Å². The molecule has 16 heavy (non-hydrogen) atoms. The number of rotatable bonds is 5. The van der Waals surface area contributed by atoms with E-state index in [4.69, 9.17) is 0 Å². The van der Waals surface area contributed by atoms with Crippen molar-refractivity contribution in [1.29, 1.82) is 0 Å². The van der Waals surface area contributed by atoms with Crippen LogP contribution in [-0.2, 0) is 17.3 Å². The summed E-state index contributed by atoms with van der Waals surface area (Å²) in [5.74, 6) is 0. The molecule has 2 unspecified atom stereocenters. The van der Waals surface area contributed by atoms with E-state index in [1.807, 2.05) is 13.0 Å². The van der Waals surface area contributed by atoms with Gasteiger partial charge in [0, 0.05) is 50.5 Å². The van der Waals surface area contributed by atoms with Gasteiger partial charge in [0.2, 0.25) is 0 Å². The maximum Gasteiger partial charge on any atom is 0.0684 e. The minimum absolute atomic E-state index is 0.161. The third-order valence-corrected chi connectivity index (χ3v) is 4.60. The summed E-state index contributed by atoms with van der Waals surface area (Å²) in [5.41, 5.74) is 0.956. The van der Waals surface area contributed by atoms with Crippen LogP contribution >= 0.6 is 31.9 Å². The van der Waals surface area contributed by atoms with Gasteiger partial charge in [-0.2, -0.15) is 0 Å². The lowest BCUT2D eigenvalue weighted by Gasteiger charge is -2.10. The molecular formula is C10H14Br2N2OS. The number of hydrogen-bond donors (Lipinski definition) is 1. The van der Waals surface area contributed by atoms with Crippen molar-refractivity contribution < 1.29 is 4.21 Å². The molecule has 90 valence electrons. The quantitative estimate of drug-likeness (QED) is 0.866. The van der Waals surface area contributed by atoms with Crippen molar-refractivity contribution in [2.45, 2.75) is 18.7 Å². The lowest BCUT2D eigenvalue weighted by atomic mass is 10.3. The maximum absolute atomic E-state index is 11.1. The largest absolute Gasteiger partial charge is 0.310 e. The predicted molar refractivity (Wildman–Crippen MR) is 74.9 cm³/mol. The highest BCUT2D eigenvalue weighted by atomic mass is 79.9. The molecule has 0 saturated carbocycles. The van der Waals surface area contributed by atoms with Crippen molar-refractivity contribution in [2.75, 3.05) is 12.8 Å². The second-order valence-electron chi connectivity index (χ2n) is 3.52. The Labute approximate surface area is 115 Å². The second kappa shape index (κ2) is 6.83. The van der Waals surface area contributed by atoms with E-state index in [0.717, 1.165) is 21.2 Å². The molecule has 1 rings (SSSR count). The Morgan fingerprint density at radius 1 is 1.56 bits per heavy atom. The summed E-state index contributed by atoms with van der Waals surface area (Å²) < 4.78 is 13.1. The summed E-state index contributed by atoms with van der Waals surface area (Å²) in [6, 6.07) is 1.96. The van der Waals surface area contributed by atoms with Gasteiger partial charge in [0.05, 0.1) is 5.69 Å². The van der Waals surface area contributed by atoms with Crippen LogP contribution in [0.5, 0.6) is 0 Å². The number of aromatic nitrogens is 1. The van der Waals surface area contributed by atoms with Crippen LogP contribution in [0.4, 0.5) is 0 Å². The molecule has 0 aromatic carbocycles. The molecule has 0 aliphatic rings. The molecule has 0 bridgehead atoms. The zero-order valence-corrected chi connectivity index (χ0v) is 13.2. The zero-order chi connectivity index (χ0) is 12.1. The first-order valence-electron chi connectivity index (χ1n) is 4.83. The lowest BCUT2D eigenvalue weighted by Crippen LogP contribution is -2.27. The molecule has 3 nitrogen and oxygen atoms in total. The summed E-state index contributed by atoms with van der Waals surface area (Å²) in [6.45, 7) is 3.37. The van der Waals surface area contributed by atoms with E-state index in [2.05, 4.69) is 42.2 Å². The molecule has 0 spiro atoms. The molecule has 1 aromatic heterocycles. The first-order valence-corrected chi connectivity index (χ1v) is 8.04.